The van der Waals surface area contributed by atoms with E-state index in [1.807, 2.05) is 27.7 Å². The number of benzene rings is 1. The normalized spacial score (nSPS) is 13.5. The van der Waals surface area contributed by atoms with Crippen LogP contribution in [-0.4, -0.2) is 57.4 Å². The van der Waals surface area contributed by atoms with Crippen molar-refractivity contribution in [1.29, 1.82) is 0 Å². The summed E-state index contributed by atoms with van der Waals surface area (Å²) in [5.41, 5.74) is -0.917. The summed E-state index contributed by atoms with van der Waals surface area (Å²) in [6.45, 7) is 13.4. The number of unbranched alkanes of at least 4 members (excludes halogenated alkanes) is 1. The number of hydrogen-bond acceptors (Lipinski definition) is 6. The van der Waals surface area contributed by atoms with E-state index >= 15 is 0 Å². The zero-order valence-corrected chi connectivity index (χ0v) is 22.4. The van der Waals surface area contributed by atoms with Crippen LogP contribution in [0.25, 0.3) is 0 Å². The largest absolute Gasteiger partial charge is 0.508 e. The van der Waals surface area contributed by atoms with Crippen LogP contribution in [0.1, 0.15) is 79.3 Å². The van der Waals surface area contributed by atoms with Crippen LogP contribution in [0.3, 0.4) is 0 Å². The van der Waals surface area contributed by atoms with Crippen molar-refractivity contribution in [2.24, 2.45) is 0 Å². The van der Waals surface area contributed by atoms with Gasteiger partial charge in [0.15, 0.2) is 0 Å². The Morgan fingerprint density at radius 2 is 1.68 bits per heavy atom. The molecule has 192 valence electrons. The summed E-state index contributed by atoms with van der Waals surface area (Å²) in [7, 11) is 0. The predicted molar refractivity (Wildman–Crippen MR) is 137 cm³/mol. The maximum absolute atomic E-state index is 13.9. The van der Waals surface area contributed by atoms with Crippen LogP contribution in [0.15, 0.2) is 24.3 Å². The van der Waals surface area contributed by atoms with Crippen LogP contribution in [0.5, 0.6) is 5.75 Å². The minimum Gasteiger partial charge on any atom is -0.508 e. The van der Waals surface area contributed by atoms with Crippen molar-refractivity contribution >= 4 is 30.5 Å². The van der Waals surface area contributed by atoms with Crippen LogP contribution in [0.2, 0.25) is 0 Å². The summed E-state index contributed by atoms with van der Waals surface area (Å²) < 4.78 is 5.32. The third-order valence-corrected chi connectivity index (χ3v) is 5.84. The van der Waals surface area contributed by atoms with Crippen molar-refractivity contribution < 1.29 is 24.2 Å². The van der Waals surface area contributed by atoms with Crippen molar-refractivity contribution in [3.8, 4) is 5.75 Å². The molecule has 0 aliphatic rings. The van der Waals surface area contributed by atoms with Crippen molar-refractivity contribution in [3.05, 3.63) is 29.8 Å². The minimum atomic E-state index is -1.01. The maximum atomic E-state index is 13.9. The molecule has 0 heterocycles. The SMILES string of the molecule is CCCCNC(=O)C(c1ccc(O)cc1)N(C(=O)C(CS)NC(=O)OC(C)(C)C)C(C)(C)CC. The molecule has 2 unspecified atom stereocenters. The van der Waals surface area contributed by atoms with E-state index in [9.17, 15) is 19.5 Å². The van der Waals surface area contributed by atoms with Gasteiger partial charge in [0.2, 0.25) is 11.8 Å². The predicted octanol–water partition coefficient (Wildman–Crippen LogP) is 4.19. The maximum Gasteiger partial charge on any atom is 0.408 e. The Labute approximate surface area is 209 Å². The minimum absolute atomic E-state index is 0.0219. The van der Waals surface area contributed by atoms with E-state index < -0.39 is 35.2 Å². The van der Waals surface area contributed by atoms with E-state index in [1.54, 1.807) is 32.9 Å². The molecule has 3 amide bonds. The number of carbonyl (C=O) groups is 3. The quantitative estimate of drug-likeness (QED) is 0.272. The lowest BCUT2D eigenvalue weighted by Gasteiger charge is -2.44. The Morgan fingerprint density at radius 3 is 2.15 bits per heavy atom. The molecular weight excluding hydrogens is 454 g/mol. The van der Waals surface area contributed by atoms with Crippen LogP contribution >= 0.6 is 12.6 Å². The van der Waals surface area contributed by atoms with Gasteiger partial charge in [-0.25, -0.2) is 4.79 Å². The molecule has 0 saturated heterocycles. The lowest BCUT2D eigenvalue weighted by atomic mass is 9.92. The lowest BCUT2D eigenvalue weighted by molar-refractivity contribution is -0.148. The third-order valence-electron chi connectivity index (χ3n) is 5.47. The number of rotatable bonds is 11. The first-order valence-corrected chi connectivity index (χ1v) is 12.4. The molecule has 0 aromatic heterocycles. The topological polar surface area (TPSA) is 108 Å². The van der Waals surface area contributed by atoms with Gasteiger partial charge in [-0.05, 0) is 65.2 Å². The number of hydrogen-bond donors (Lipinski definition) is 4. The highest BCUT2D eigenvalue weighted by molar-refractivity contribution is 7.80. The van der Waals surface area contributed by atoms with E-state index in [1.165, 1.54) is 17.0 Å². The summed E-state index contributed by atoms with van der Waals surface area (Å²) in [4.78, 5) is 41.2. The summed E-state index contributed by atoms with van der Waals surface area (Å²) >= 11 is 4.30. The molecule has 8 nitrogen and oxygen atoms in total. The van der Waals surface area contributed by atoms with E-state index in [-0.39, 0.29) is 17.4 Å². The van der Waals surface area contributed by atoms with Crippen LogP contribution in [0.4, 0.5) is 4.79 Å². The number of nitrogens with one attached hydrogen (secondary N) is 2. The van der Waals surface area contributed by atoms with Gasteiger partial charge in [0.05, 0.1) is 0 Å². The Kier molecular flexibility index (Phi) is 11.2. The Hall–Kier alpha value is -2.42. The Balaban J connectivity index is 3.46. The van der Waals surface area contributed by atoms with Gasteiger partial charge in [0, 0.05) is 17.8 Å². The van der Waals surface area contributed by atoms with Crippen molar-refractivity contribution in [2.75, 3.05) is 12.3 Å². The number of thiol groups is 1. The number of aromatic hydroxyl groups is 1. The molecule has 0 radical (unpaired) electrons. The first kappa shape index (κ1) is 29.6. The van der Waals surface area contributed by atoms with Gasteiger partial charge < -0.3 is 25.4 Å². The van der Waals surface area contributed by atoms with E-state index in [4.69, 9.17) is 4.74 Å². The van der Waals surface area contributed by atoms with Crippen LogP contribution < -0.4 is 10.6 Å². The summed E-state index contributed by atoms with van der Waals surface area (Å²) in [6.07, 6.45) is 1.54. The van der Waals surface area contributed by atoms with Gasteiger partial charge in [-0.3, -0.25) is 9.59 Å². The van der Waals surface area contributed by atoms with Gasteiger partial charge in [0.1, 0.15) is 23.4 Å². The zero-order valence-electron chi connectivity index (χ0n) is 21.5. The van der Waals surface area contributed by atoms with Crippen molar-refractivity contribution in [1.82, 2.24) is 15.5 Å². The van der Waals surface area contributed by atoms with Gasteiger partial charge in [-0.15, -0.1) is 0 Å². The molecule has 9 heteroatoms. The highest BCUT2D eigenvalue weighted by Crippen LogP contribution is 2.33. The van der Waals surface area contributed by atoms with E-state index in [0.29, 0.717) is 18.5 Å². The average Bonchev–Trinajstić information content (AvgIpc) is 2.74. The molecule has 3 N–H and O–H groups in total. The number of amides is 3. The molecule has 34 heavy (non-hydrogen) atoms. The number of phenols is 1. The second-order valence-corrected chi connectivity index (χ2v) is 10.3. The van der Waals surface area contributed by atoms with Gasteiger partial charge in [-0.1, -0.05) is 32.4 Å². The van der Waals surface area contributed by atoms with Crippen molar-refractivity contribution in [3.63, 3.8) is 0 Å². The first-order chi connectivity index (χ1) is 15.8. The van der Waals surface area contributed by atoms with Gasteiger partial charge in [0.25, 0.3) is 0 Å². The molecule has 1 aromatic carbocycles. The van der Waals surface area contributed by atoms with Crippen molar-refractivity contribution in [2.45, 2.75) is 91.0 Å². The average molecular weight is 496 g/mol. The van der Waals surface area contributed by atoms with E-state index in [2.05, 4.69) is 23.3 Å². The number of phenolic OH excluding ortho intramolecular Hbond substituents is 1. The fraction of sp³-hybridized carbons (Fsp3) is 0.640. The second kappa shape index (κ2) is 12.9. The third kappa shape index (κ3) is 8.74. The molecule has 0 aliphatic heterocycles. The zero-order chi connectivity index (χ0) is 26.1. The molecule has 2 atom stereocenters. The molecule has 0 fully saturated rings. The van der Waals surface area contributed by atoms with Crippen LogP contribution in [0, 0.1) is 0 Å². The molecule has 0 aliphatic carbocycles. The molecule has 1 rings (SSSR count). The highest BCUT2D eigenvalue weighted by atomic mass is 32.1. The molecule has 0 bridgehead atoms. The van der Waals surface area contributed by atoms with E-state index in [0.717, 1.165) is 12.8 Å². The number of ether oxygens (including phenoxy) is 1. The monoisotopic (exact) mass is 495 g/mol. The highest BCUT2D eigenvalue weighted by Gasteiger charge is 2.42. The molecule has 0 saturated carbocycles. The number of carbonyl (C=O) groups excluding carboxylic acids is 3. The summed E-state index contributed by atoms with van der Waals surface area (Å²) in [5, 5.41) is 15.3. The molecule has 1 aromatic rings. The summed E-state index contributed by atoms with van der Waals surface area (Å²) in [5.74, 6) is -0.698. The fourth-order valence-corrected chi connectivity index (χ4v) is 3.56. The first-order valence-electron chi connectivity index (χ1n) is 11.8. The number of alkyl carbamates (subject to hydrolysis) is 1. The van der Waals surface area contributed by atoms with Gasteiger partial charge >= 0.3 is 6.09 Å². The molecular formula is C25H41N3O5S. The lowest BCUT2D eigenvalue weighted by Crippen LogP contribution is -2.59. The molecule has 0 spiro atoms. The van der Waals surface area contributed by atoms with Gasteiger partial charge in [-0.2, -0.15) is 12.6 Å². The summed E-state index contributed by atoms with van der Waals surface area (Å²) in [6, 6.07) is 4.25. The standard InChI is InChI=1S/C25H41N3O5S/c1-8-10-15-26-21(30)20(17-11-13-18(29)14-12-17)28(25(6,7)9-2)22(31)19(16-34)27-23(32)33-24(3,4)5/h11-14,19-20,29,34H,8-10,15-16H2,1-7H3,(H,26,30)(H,27,32). The Bertz CT molecular complexity index is 821. The fourth-order valence-electron chi connectivity index (χ4n) is 3.31. The second-order valence-electron chi connectivity index (χ2n) is 9.89. The smallest absolute Gasteiger partial charge is 0.408 e. The van der Waals surface area contributed by atoms with Crippen LogP contribution in [-0.2, 0) is 14.3 Å². The number of nitrogens with zero attached hydrogens (tertiary/aromatic N) is 1. The Morgan fingerprint density at radius 1 is 1.09 bits per heavy atom.